The Morgan fingerprint density at radius 3 is 2.57 bits per heavy atom. The van der Waals surface area contributed by atoms with E-state index < -0.39 is 6.04 Å². The maximum absolute atomic E-state index is 12.5. The maximum Gasteiger partial charge on any atom is 0.239 e. The monoisotopic (exact) mass is 290 g/mol. The van der Waals surface area contributed by atoms with Gasteiger partial charge in [-0.1, -0.05) is 37.3 Å². The lowest BCUT2D eigenvalue weighted by molar-refractivity contribution is -0.133. The molecule has 1 fully saturated rings. The summed E-state index contributed by atoms with van der Waals surface area (Å²) in [4.78, 5) is 14.2. The van der Waals surface area contributed by atoms with Crippen LogP contribution in [0, 0.1) is 5.92 Å². The molecule has 1 aromatic carbocycles. The Morgan fingerprint density at radius 1 is 1.33 bits per heavy atom. The summed E-state index contributed by atoms with van der Waals surface area (Å²) in [6.07, 6.45) is 1.77. The highest BCUT2D eigenvalue weighted by Crippen LogP contribution is 2.20. The molecular weight excluding hydrogens is 264 g/mol. The first kappa shape index (κ1) is 16.0. The minimum Gasteiger partial charge on any atom is -0.381 e. The number of hydrogen-bond donors (Lipinski definition) is 1. The summed E-state index contributed by atoms with van der Waals surface area (Å²) >= 11 is 0. The molecule has 1 saturated heterocycles. The highest BCUT2D eigenvalue weighted by Gasteiger charge is 2.29. The molecule has 0 spiro atoms. The van der Waals surface area contributed by atoms with Gasteiger partial charge >= 0.3 is 0 Å². The number of likely N-dealkylation sites (N-methyl/N-ethyl adjacent to an activating group) is 1. The summed E-state index contributed by atoms with van der Waals surface area (Å²) in [5.41, 5.74) is 7.41. The second kappa shape index (κ2) is 7.57. The molecule has 4 heteroatoms. The molecule has 1 aromatic rings. The molecule has 1 aliphatic rings. The lowest BCUT2D eigenvalue weighted by Crippen LogP contribution is -2.48. The highest BCUT2D eigenvalue weighted by atomic mass is 16.5. The molecule has 0 saturated carbocycles. The number of carbonyl (C=O) groups is 1. The summed E-state index contributed by atoms with van der Waals surface area (Å²) in [5.74, 6) is 0.604. The van der Waals surface area contributed by atoms with Gasteiger partial charge in [0.05, 0.1) is 6.04 Å². The van der Waals surface area contributed by atoms with Crippen LogP contribution in [0.25, 0.3) is 0 Å². The molecule has 0 aromatic heterocycles. The van der Waals surface area contributed by atoms with Crippen molar-refractivity contribution in [1.82, 2.24) is 4.90 Å². The highest BCUT2D eigenvalue weighted by molar-refractivity contribution is 5.81. The molecule has 2 unspecified atom stereocenters. The quantitative estimate of drug-likeness (QED) is 0.902. The summed E-state index contributed by atoms with van der Waals surface area (Å²) in [7, 11) is 1.85. The standard InChI is InChI=1S/C17H26N2O2/c1-13(14-6-4-3-5-7-14)12-19(2)17(20)16(18)15-8-10-21-11-9-15/h3-7,13,15-16H,8-12,18H2,1-2H3. The van der Waals surface area contributed by atoms with Gasteiger partial charge < -0.3 is 15.4 Å². The molecule has 1 aliphatic heterocycles. The van der Waals surface area contributed by atoms with Crippen LogP contribution in [0.3, 0.4) is 0 Å². The third-order valence-corrected chi connectivity index (χ3v) is 4.35. The second-order valence-corrected chi connectivity index (χ2v) is 6.01. The van der Waals surface area contributed by atoms with Gasteiger partial charge in [-0.25, -0.2) is 0 Å². The summed E-state index contributed by atoms with van der Waals surface area (Å²) in [6, 6.07) is 9.86. The number of benzene rings is 1. The lowest BCUT2D eigenvalue weighted by Gasteiger charge is -2.31. The Balaban J connectivity index is 1.89. The van der Waals surface area contributed by atoms with Gasteiger partial charge in [0.1, 0.15) is 0 Å². The van der Waals surface area contributed by atoms with Gasteiger partial charge in [0, 0.05) is 26.8 Å². The van der Waals surface area contributed by atoms with Crippen molar-refractivity contribution in [3.05, 3.63) is 35.9 Å². The van der Waals surface area contributed by atoms with Crippen LogP contribution in [0.1, 0.15) is 31.2 Å². The van der Waals surface area contributed by atoms with E-state index in [-0.39, 0.29) is 11.8 Å². The van der Waals surface area contributed by atoms with Crippen LogP contribution in [-0.2, 0) is 9.53 Å². The van der Waals surface area contributed by atoms with Crippen LogP contribution in [0.4, 0.5) is 0 Å². The number of hydrogen-bond acceptors (Lipinski definition) is 3. The van der Waals surface area contributed by atoms with E-state index in [0.29, 0.717) is 12.5 Å². The van der Waals surface area contributed by atoms with Crippen molar-refractivity contribution in [2.75, 3.05) is 26.8 Å². The van der Waals surface area contributed by atoms with Crippen molar-refractivity contribution in [3.63, 3.8) is 0 Å². The zero-order valence-corrected chi connectivity index (χ0v) is 13.0. The predicted molar refractivity (Wildman–Crippen MR) is 84.0 cm³/mol. The fourth-order valence-electron chi connectivity index (χ4n) is 2.92. The number of rotatable bonds is 5. The van der Waals surface area contributed by atoms with E-state index in [4.69, 9.17) is 10.5 Å². The molecule has 4 nitrogen and oxygen atoms in total. The molecule has 0 bridgehead atoms. The van der Waals surface area contributed by atoms with Crippen molar-refractivity contribution in [2.45, 2.75) is 31.7 Å². The van der Waals surface area contributed by atoms with E-state index in [1.54, 1.807) is 4.90 Å². The van der Waals surface area contributed by atoms with Gasteiger partial charge in [-0.3, -0.25) is 4.79 Å². The third kappa shape index (κ3) is 4.29. The normalized spacial score (nSPS) is 19.0. The maximum atomic E-state index is 12.5. The molecule has 1 amide bonds. The van der Waals surface area contributed by atoms with Gasteiger partial charge in [-0.15, -0.1) is 0 Å². The summed E-state index contributed by atoms with van der Waals surface area (Å²) in [6.45, 7) is 4.27. The van der Waals surface area contributed by atoms with E-state index in [1.165, 1.54) is 5.56 Å². The molecule has 2 atom stereocenters. The van der Waals surface area contributed by atoms with Crippen LogP contribution in [0.5, 0.6) is 0 Å². The summed E-state index contributed by atoms with van der Waals surface area (Å²) < 4.78 is 5.33. The first-order valence-electron chi connectivity index (χ1n) is 7.73. The molecule has 2 N–H and O–H groups in total. The first-order chi connectivity index (χ1) is 10.1. The topological polar surface area (TPSA) is 55.6 Å². The van der Waals surface area contributed by atoms with Crippen LogP contribution in [0.2, 0.25) is 0 Å². The van der Waals surface area contributed by atoms with Crippen molar-refractivity contribution in [2.24, 2.45) is 11.7 Å². The Kier molecular flexibility index (Phi) is 5.76. The van der Waals surface area contributed by atoms with Crippen molar-refractivity contribution in [1.29, 1.82) is 0 Å². The summed E-state index contributed by atoms with van der Waals surface area (Å²) in [5, 5.41) is 0. The van der Waals surface area contributed by atoms with Gasteiger partial charge in [-0.05, 0) is 30.2 Å². The SMILES string of the molecule is CC(CN(C)C(=O)C(N)C1CCOCC1)c1ccccc1. The number of amides is 1. The molecule has 0 radical (unpaired) electrons. The molecule has 1 heterocycles. The van der Waals surface area contributed by atoms with Crippen LogP contribution >= 0.6 is 0 Å². The third-order valence-electron chi connectivity index (χ3n) is 4.35. The molecule has 0 aliphatic carbocycles. The smallest absolute Gasteiger partial charge is 0.239 e. The molecular formula is C17H26N2O2. The van der Waals surface area contributed by atoms with E-state index in [0.717, 1.165) is 26.1 Å². The Hall–Kier alpha value is -1.39. The first-order valence-corrected chi connectivity index (χ1v) is 7.73. The fraction of sp³-hybridized carbons (Fsp3) is 0.588. The Bertz CT molecular complexity index is 443. The minimum absolute atomic E-state index is 0.0460. The van der Waals surface area contributed by atoms with E-state index in [9.17, 15) is 4.79 Å². The van der Waals surface area contributed by atoms with E-state index in [2.05, 4.69) is 19.1 Å². The van der Waals surface area contributed by atoms with Crippen LogP contribution in [0.15, 0.2) is 30.3 Å². The number of carbonyl (C=O) groups excluding carboxylic acids is 1. The zero-order valence-electron chi connectivity index (χ0n) is 13.0. The Labute approximate surface area is 127 Å². The van der Waals surface area contributed by atoms with Crippen molar-refractivity contribution >= 4 is 5.91 Å². The fourth-order valence-corrected chi connectivity index (χ4v) is 2.92. The number of ether oxygens (including phenoxy) is 1. The molecule has 116 valence electrons. The van der Waals surface area contributed by atoms with E-state index in [1.807, 2.05) is 25.2 Å². The number of nitrogens with two attached hydrogens (primary N) is 1. The lowest BCUT2D eigenvalue weighted by atomic mass is 9.91. The molecule has 2 rings (SSSR count). The largest absolute Gasteiger partial charge is 0.381 e. The van der Waals surface area contributed by atoms with Gasteiger partial charge in [-0.2, -0.15) is 0 Å². The van der Waals surface area contributed by atoms with Gasteiger partial charge in [0.2, 0.25) is 5.91 Å². The minimum atomic E-state index is -0.401. The van der Waals surface area contributed by atoms with E-state index >= 15 is 0 Å². The van der Waals surface area contributed by atoms with Gasteiger partial charge in [0.25, 0.3) is 0 Å². The predicted octanol–water partition coefficient (Wildman–Crippen LogP) is 2.00. The zero-order chi connectivity index (χ0) is 15.2. The Morgan fingerprint density at radius 2 is 1.95 bits per heavy atom. The number of nitrogens with zero attached hydrogens (tertiary/aromatic N) is 1. The second-order valence-electron chi connectivity index (χ2n) is 6.01. The average Bonchev–Trinajstić information content (AvgIpc) is 2.55. The average molecular weight is 290 g/mol. The van der Waals surface area contributed by atoms with Gasteiger partial charge in [0.15, 0.2) is 0 Å². The molecule has 21 heavy (non-hydrogen) atoms. The van der Waals surface area contributed by atoms with Crippen LogP contribution in [-0.4, -0.2) is 43.7 Å². The van der Waals surface area contributed by atoms with Crippen LogP contribution < -0.4 is 5.73 Å². The van der Waals surface area contributed by atoms with Crippen molar-refractivity contribution < 1.29 is 9.53 Å². The van der Waals surface area contributed by atoms with Crippen molar-refractivity contribution in [3.8, 4) is 0 Å².